The number of carbonyl (C=O) groups excluding carboxylic acids is 2. The van der Waals surface area contributed by atoms with Gasteiger partial charge in [0.05, 0.1) is 6.61 Å². The van der Waals surface area contributed by atoms with Crippen LogP contribution in [0, 0.1) is 0 Å². The van der Waals surface area contributed by atoms with Gasteiger partial charge in [-0.25, -0.2) is 4.57 Å². The fourth-order valence-corrected chi connectivity index (χ4v) is 6.74. The van der Waals surface area contributed by atoms with E-state index in [0.717, 1.165) is 58.5 Å². The SMILES string of the molecule is CC/C=C\C/C=C\C/C=C\C/C=C\C/C=C\CCCC(=O)OC(COC(=O)CCCCCCCCCCCCCCCCCCCCCCC)COP(=O)(O)OC. The number of esters is 2. The molecule has 2 atom stereocenters. The molecule has 0 bridgehead atoms. The topological polar surface area (TPSA) is 108 Å². The third kappa shape index (κ3) is 43.2. The molecular weight excluding hydrogens is 735 g/mol. The van der Waals surface area contributed by atoms with Crippen LogP contribution in [0.15, 0.2) is 60.8 Å². The van der Waals surface area contributed by atoms with E-state index >= 15 is 0 Å². The molecule has 0 aliphatic carbocycles. The number of hydrogen-bond acceptors (Lipinski definition) is 7. The number of phosphoric ester groups is 1. The number of phosphoric acid groups is 1. The lowest BCUT2D eigenvalue weighted by Crippen LogP contribution is -2.29. The third-order valence-electron chi connectivity index (χ3n) is 9.78. The van der Waals surface area contributed by atoms with E-state index in [1.807, 2.05) is 6.08 Å². The summed E-state index contributed by atoms with van der Waals surface area (Å²) in [7, 11) is -3.23. The molecule has 330 valence electrons. The van der Waals surface area contributed by atoms with Crippen molar-refractivity contribution < 1.29 is 37.6 Å². The second-order valence-electron chi connectivity index (χ2n) is 15.2. The van der Waals surface area contributed by atoms with Crippen molar-refractivity contribution in [2.75, 3.05) is 20.3 Å². The molecule has 0 rings (SSSR count). The van der Waals surface area contributed by atoms with E-state index in [9.17, 15) is 19.0 Å². The third-order valence-corrected chi connectivity index (χ3v) is 10.7. The molecule has 0 amide bonds. The van der Waals surface area contributed by atoms with Gasteiger partial charge in [-0.2, -0.15) is 0 Å². The van der Waals surface area contributed by atoms with Crippen LogP contribution in [-0.4, -0.2) is 43.3 Å². The molecule has 0 saturated carbocycles. The van der Waals surface area contributed by atoms with Crippen LogP contribution in [0.25, 0.3) is 0 Å². The van der Waals surface area contributed by atoms with Crippen molar-refractivity contribution in [2.45, 2.75) is 213 Å². The molecule has 0 aliphatic rings. The van der Waals surface area contributed by atoms with E-state index in [0.29, 0.717) is 12.8 Å². The summed E-state index contributed by atoms with van der Waals surface area (Å²) >= 11 is 0. The van der Waals surface area contributed by atoms with Crippen LogP contribution in [0.1, 0.15) is 206 Å². The Bertz CT molecular complexity index is 1110. The predicted molar refractivity (Wildman–Crippen MR) is 239 cm³/mol. The van der Waals surface area contributed by atoms with Gasteiger partial charge in [0.15, 0.2) is 6.10 Å². The molecule has 9 heteroatoms. The Balaban J connectivity index is 4.00. The van der Waals surface area contributed by atoms with Gasteiger partial charge in [0.25, 0.3) is 0 Å². The number of hydrogen-bond donors (Lipinski definition) is 1. The second-order valence-corrected chi connectivity index (χ2v) is 16.7. The summed E-state index contributed by atoms with van der Waals surface area (Å²) in [6.07, 6.45) is 54.3. The fourth-order valence-electron chi connectivity index (χ4n) is 6.28. The summed E-state index contributed by atoms with van der Waals surface area (Å²) in [6, 6.07) is 0. The van der Waals surface area contributed by atoms with Crippen molar-refractivity contribution in [1.29, 1.82) is 0 Å². The van der Waals surface area contributed by atoms with Gasteiger partial charge in [-0.05, 0) is 51.4 Å². The summed E-state index contributed by atoms with van der Waals surface area (Å²) in [5, 5.41) is 0. The van der Waals surface area contributed by atoms with E-state index in [1.165, 1.54) is 116 Å². The Labute approximate surface area is 350 Å². The Morgan fingerprint density at radius 3 is 1.32 bits per heavy atom. The highest BCUT2D eigenvalue weighted by atomic mass is 31.2. The van der Waals surface area contributed by atoms with Gasteiger partial charge in [0.2, 0.25) is 0 Å². The maximum Gasteiger partial charge on any atom is 0.472 e. The van der Waals surface area contributed by atoms with E-state index in [2.05, 4.69) is 73.1 Å². The van der Waals surface area contributed by atoms with Crippen LogP contribution in [0.4, 0.5) is 0 Å². The number of rotatable bonds is 42. The molecule has 0 radical (unpaired) electrons. The molecule has 57 heavy (non-hydrogen) atoms. The van der Waals surface area contributed by atoms with Gasteiger partial charge in [-0.1, -0.05) is 203 Å². The minimum absolute atomic E-state index is 0.166. The normalized spacial score (nSPS) is 13.8. The fraction of sp³-hybridized carbons (Fsp3) is 0.750. The van der Waals surface area contributed by atoms with Crippen molar-refractivity contribution in [1.82, 2.24) is 0 Å². The Morgan fingerprint density at radius 1 is 0.509 bits per heavy atom. The summed E-state index contributed by atoms with van der Waals surface area (Å²) in [6.45, 7) is 3.75. The van der Waals surface area contributed by atoms with Gasteiger partial charge in [-0.3, -0.25) is 18.6 Å². The van der Waals surface area contributed by atoms with Crippen molar-refractivity contribution in [3.05, 3.63) is 60.8 Å². The quantitative estimate of drug-likeness (QED) is 0.0281. The average molecular weight is 821 g/mol. The van der Waals surface area contributed by atoms with Crippen LogP contribution in [0.2, 0.25) is 0 Å². The molecule has 0 heterocycles. The van der Waals surface area contributed by atoms with Gasteiger partial charge in [0, 0.05) is 20.0 Å². The molecular formula is C48H85O8P. The zero-order valence-corrected chi connectivity index (χ0v) is 37.6. The van der Waals surface area contributed by atoms with Gasteiger partial charge in [-0.15, -0.1) is 0 Å². The summed E-state index contributed by atoms with van der Waals surface area (Å²) in [4.78, 5) is 34.5. The Kier molecular flexibility index (Phi) is 41.6. The first-order valence-electron chi connectivity index (χ1n) is 23.0. The maximum absolute atomic E-state index is 12.5. The lowest BCUT2D eigenvalue weighted by Gasteiger charge is -2.19. The Morgan fingerprint density at radius 2 is 0.895 bits per heavy atom. The first kappa shape index (κ1) is 54.8. The molecule has 0 aromatic rings. The highest BCUT2D eigenvalue weighted by Gasteiger charge is 2.24. The van der Waals surface area contributed by atoms with E-state index in [1.54, 1.807) is 0 Å². The number of carbonyl (C=O) groups is 2. The van der Waals surface area contributed by atoms with Crippen LogP contribution < -0.4 is 0 Å². The van der Waals surface area contributed by atoms with Gasteiger partial charge < -0.3 is 14.4 Å². The van der Waals surface area contributed by atoms with Crippen molar-refractivity contribution in [2.24, 2.45) is 0 Å². The number of ether oxygens (including phenoxy) is 2. The standard InChI is InChI=1S/C48H85O8P/c1-4-6-8-10-12-14-16-18-20-22-23-24-25-27-28-30-32-34-36-38-40-42-47(49)54-44-46(45-55-57(51,52)53-3)56-48(50)43-41-39-37-35-33-31-29-26-21-19-17-15-13-11-9-7-5-2/h7,9,13,15,19,21,29,31,35,37,46H,4-6,8,10-12,14,16-18,20,22-28,30,32-34,36,38-45H2,1-3H3,(H,51,52)/b9-7-,15-13-,21-19-,31-29-,37-35-. The summed E-state index contributed by atoms with van der Waals surface area (Å²) in [5.74, 6) is -0.868. The van der Waals surface area contributed by atoms with Crippen molar-refractivity contribution >= 4 is 19.8 Å². The molecule has 0 fully saturated rings. The summed E-state index contributed by atoms with van der Waals surface area (Å²) in [5.41, 5.74) is 0. The highest BCUT2D eigenvalue weighted by molar-refractivity contribution is 7.47. The smallest absolute Gasteiger partial charge is 0.462 e. The van der Waals surface area contributed by atoms with E-state index in [-0.39, 0.29) is 25.4 Å². The largest absolute Gasteiger partial charge is 0.472 e. The molecule has 0 aromatic heterocycles. The van der Waals surface area contributed by atoms with Crippen LogP contribution >= 0.6 is 7.82 Å². The van der Waals surface area contributed by atoms with E-state index in [4.69, 9.17) is 14.0 Å². The number of allylic oxidation sites excluding steroid dienone is 10. The molecule has 0 aromatic carbocycles. The van der Waals surface area contributed by atoms with Gasteiger partial charge >= 0.3 is 19.8 Å². The first-order chi connectivity index (χ1) is 27.8. The minimum Gasteiger partial charge on any atom is -0.462 e. The molecule has 0 saturated heterocycles. The zero-order valence-electron chi connectivity index (χ0n) is 36.7. The van der Waals surface area contributed by atoms with Crippen LogP contribution in [0.5, 0.6) is 0 Å². The monoisotopic (exact) mass is 821 g/mol. The molecule has 1 N–H and O–H groups in total. The maximum atomic E-state index is 12.5. The van der Waals surface area contributed by atoms with Crippen molar-refractivity contribution in [3.63, 3.8) is 0 Å². The average Bonchev–Trinajstić information content (AvgIpc) is 3.20. The van der Waals surface area contributed by atoms with E-state index < -0.39 is 26.5 Å². The van der Waals surface area contributed by atoms with Crippen LogP contribution in [-0.2, 0) is 32.7 Å². The predicted octanol–water partition coefficient (Wildman–Crippen LogP) is 14.7. The van der Waals surface area contributed by atoms with Crippen LogP contribution in [0.3, 0.4) is 0 Å². The van der Waals surface area contributed by atoms with Crippen molar-refractivity contribution in [3.8, 4) is 0 Å². The second kappa shape index (κ2) is 43.3. The van der Waals surface area contributed by atoms with Gasteiger partial charge in [0.1, 0.15) is 6.61 Å². The zero-order chi connectivity index (χ0) is 41.8. The highest BCUT2D eigenvalue weighted by Crippen LogP contribution is 2.42. The molecule has 2 unspecified atom stereocenters. The molecule has 0 spiro atoms. The summed E-state index contributed by atoms with van der Waals surface area (Å²) < 4.78 is 32.0. The first-order valence-corrected chi connectivity index (χ1v) is 24.5. The Hall–Kier alpha value is -2.25. The minimum atomic E-state index is -4.28. The lowest BCUT2D eigenvalue weighted by atomic mass is 10.0. The lowest BCUT2D eigenvalue weighted by molar-refractivity contribution is -0.161. The molecule has 8 nitrogen and oxygen atoms in total. The number of unbranched alkanes of at least 4 members (excludes halogenated alkanes) is 21. The molecule has 0 aliphatic heterocycles.